The van der Waals surface area contributed by atoms with Crippen LogP contribution in [0.2, 0.25) is 0 Å². The van der Waals surface area contributed by atoms with E-state index < -0.39 is 260 Å². The first-order valence-electron chi connectivity index (χ1n) is 31.7. The Hall–Kier alpha value is -6.79. The Bertz CT molecular complexity index is 4960. The third-order valence-electron chi connectivity index (χ3n) is 8.43. The zero-order chi connectivity index (χ0) is 64.0. The number of nitrogens with zero attached hydrogens (tertiary/aromatic N) is 3. The van der Waals surface area contributed by atoms with Gasteiger partial charge in [-0.2, -0.15) is 0 Å². The van der Waals surface area contributed by atoms with Crippen molar-refractivity contribution < 1.29 is 42.5 Å². The molecule has 0 amide bonds. The lowest BCUT2D eigenvalue weighted by molar-refractivity contribution is 1.08. The molecule has 5 heteroatoms. The summed E-state index contributed by atoms with van der Waals surface area (Å²) in [6.45, 7) is 0. The van der Waals surface area contributed by atoms with Gasteiger partial charge in [0.05, 0.1) is 42.5 Å². The van der Waals surface area contributed by atoms with Gasteiger partial charge in [0.1, 0.15) is 0 Å². The van der Waals surface area contributed by atoms with Crippen LogP contribution in [0.15, 0.2) is 187 Å². The molecule has 0 spiro atoms. The zero-order valence-electron chi connectivity index (χ0n) is 58.7. The van der Waals surface area contributed by atoms with Crippen molar-refractivity contribution in [1.82, 2.24) is 15.0 Å². The van der Waals surface area contributed by atoms with Gasteiger partial charge in [0.15, 0.2) is 17.5 Å². The first-order valence-corrected chi connectivity index (χ1v) is 17.8. The van der Waals surface area contributed by atoms with Gasteiger partial charge < -0.3 is 0 Å². The van der Waals surface area contributed by atoms with Crippen LogP contribution < -0.4 is 0 Å². The summed E-state index contributed by atoms with van der Waals surface area (Å²) < 4.78 is 275. The van der Waals surface area contributed by atoms with E-state index in [1.165, 1.54) is 0 Å². The second-order valence-electron chi connectivity index (χ2n) is 11.6. The number of fused-ring (bicyclic) bond motifs is 6. The molecule has 0 N–H and O–H groups in total. The van der Waals surface area contributed by atoms with Crippen molar-refractivity contribution in [2.75, 3.05) is 0 Å². The van der Waals surface area contributed by atoms with Crippen LogP contribution in [-0.2, 0) is 0 Å². The molecule has 0 aliphatic carbocycles. The highest BCUT2D eigenvalue weighted by Gasteiger charge is 2.21. The highest BCUT2D eigenvalue weighted by molar-refractivity contribution is 7.27. The van der Waals surface area contributed by atoms with E-state index >= 15 is 0 Å². The zero-order valence-corrected chi connectivity index (χ0v) is 29.3. The van der Waals surface area contributed by atoms with Crippen molar-refractivity contribution in [3.8, 4) is 67.5 Å². The predicted octanol–water partition coefficient (Wildman–Crippen LogP) is 14.6. The summed E-state index contributed by atoms with van der Waals surface area (Å²) in [4.78, 5) is 13.3. The fourth-order valence-electron chi connectivity index (χ4n) is 6.04. The molecule has 0 aliphatic heterocycles. The number of aromatic nitrogens is 3. The number of hydrogen-bond acceptors (Lipinski definition) is 5. The molecule has 0 radical (unpaired) electrons. The van der Waals surface area contributed by atoms with Gasteiger partial charge in [-0.15, -0.1) is 22.7 Å². The van der Waals surface area contributed by atoms with Crippen molar-refractivity contribution >= 4 is 63.0 Å². The van der Waals surface area contributed by atoms with Crippen LogP contribution >= 0.6 is 22.7 Å². The maximum atomic E-state index is 9.79. The summed E-state index contributed by atoms with van der Waals surface area (Å²) in [5.41, 5.74) is -5.82. The van der Waals surface area contributed by atoms with E-state index in [4.69, 9.17) is 28.8 Å². The summed E-state index contributed by atoms with van der Waals surface area (Å²) in [6, 6.07) is -26.9. The van der Waals surface area contributed by atoms with Gasteiger partial charge in [-0.05, 0) is 45.9 Å². The van der Waals surface area contributed by atoms with Crippen LogP contribution in [0.5, 0.6) is 0 Å². The Labute approximate surface area is 375 Å². The Balaban J connectivity index is 1.31. The van der Waals surface area contributed by atoms with Crippen molar-refractivity contribution in [3.05, 3.63) is 187 Å². The summed E-state index contributed by atoms with van der Waals surface area (Å²) in [7, 11) is 0. The highest BCUT2D eigenvalue weighted by atomic mass is 32.1. The van der Waals surface area contributed by atoms with E-state index in [9.17, 15) is 13.7 Å². The monoisotopic (exact) mass is 780 g/mol. The third-order valence-corrected chi connectivity index (χ3v) is 10.7. The molecule has 0 fully saturated rings. The molecule has 0 aliphatic rings. The molecule has 3 heterocycles. The normalized spacial score (nSPS) is 19.3. The molecule has 11 aromatic rings. The van der Waals surface area contributed by atoms with Crippen LogP contribution in [-0.4, -0.2) is 15.0 Å². The maximum Gasteiger partial charge on any atom is 0.165 e. The molecule has 3 nitrogen and oxygen atoms in total. The molecule has 262 valence electrons. The number of hydrogen-bond donors (Lipinski definition) is 0. The fraction of sp³-hybridized carbons (Fsp3) is 0. The molecule has 56 heavy (non-hydrogen) atoms. The molecule has 0 unspecified atom stereocenters. The first kappa shape index (κ1) is 14.1. The number of thiophene rings is 2. The van der Waals surface area contributed by atoms with Crippen molar-refractivity contribution in [2.24, 2.45) is 0 Å². The average molecular weight is 781 g/mol. The fourth-order valence-corrected chi connectivity index (χ4v) is 8.27. The molecule has 0 saturated heterocycles. The van der Waals surface area contributed by atoms with Crippen LogP contribution in [0.25, 0.3) is 108 Å². The molecule has 0 saturated carbocycles. The van der Waals surface area contributed by atoms with E-state index in [2.05, 4.69) is 15.0 Å². The van der Waals surface area contributed by atoms with Crippen molar-refractivity contribution in [2.45, 2.75) is 0 Å². The topological polar surface area (TPSA) is 38.7 Å². The average Bonchev–Trinajstić information content (AvgIpc) is 1.60. The van der Waals surface area contributed by atoms with E-state index in [-0.39, 0.29) is 35.0 Å². The number of benzene rings is 8. The van der Waals surface area contributed by atoms with Crippen LogP contribution in [0, 0.1) is 0 Å². The standard InChI is InChI=1S/C51H31N3S2/c1-4-14-32(15-5-1)33-26-28-36(29-27-33)50-52-49(35-18-8-3-9-19-35)53-51(54-50)42-23-12-22-41-45-38(21-13-25-44(45)56-47(41)42)39-31-30-37(34-16-6-2-7-17-34)46-40-20-10-11-24-43(40)55-48(39)46/h1-31H/i1D,2D,3D,4D,5D,6D,7D,8D,9D,10D,11D,12D,13D,14D,15D,16D,17D,18D,19D,20D,21D,22D,23D,24D,25D,26D,27D,28D,29D,30D,31D. The molecule has 0 bridgehead atoms. The molecular formula is C51H31N3S2. The van der Waals surface area contributed by atoms with Gasteiger partial charge in [-0.25, -0.2) is 15.0 Å². The summed E-state index contributed by atoms with van der Waals surface area (Å²) in [5.74, 6) is -2.49. The Morgan fingerprint density at radius 1 is 0.304 bits per heavy atom. The van der Waals surface area contributed by atoms with Gasteiger partial charge in [0.2, 0.25) is 0 Å². The minimum Gasteiger partial charge on any atom is -0.208 e. The summed E-state index contributed by atoms with van der Waals surface area (Å²) in [5, 5.41) is -1.48. The van der Waals surface area contributed by atoms with Crippen LogP contribution in [0.3, 0.4) is 0 Å². The van der Waals surface area contributed by atoms with Gasteiger partial charge in [0.25, 0.3) is 0 Å². The second kappa shape index (κ2) is 13.5. The van der Waals surface area contributed by atoms with Gasteiger partial charge >= 0.3 is 0 Å². The smallest absolute Gasteiger partial charge is 0.165 e. The van der Waals surface area contributed by atoms with Gasteiger partial charge in [-0.1, -0.05) is 169 Å². The molecule has 8 aromatic carbocycles. The minimum absolute atomic E-state index is 0.223. The van der Waals surface area contributed by atoms with E-state index in [0.29, 0.717) is 22.7 Å². The predicted molar refractivity (Wildman–Crippen MR) is 238 cm³/mol. The molecule has 11 rings (SSSR count). The van der Waals surface area contributed by atoms with Crippen molar-refractivity contribution in [1.29, 1.82) is 0 Å². The quantitative estimate of drug-likeness (QED) is 0.169. The van der Waals surface area contributed by atoms with E-state index in [0.717, 1.165) is 0 Å². The molecule has 0 atom stereocenters. The van der Waals surface area contributed by atoms with E-state index in [1.54, 1.807) is 0 Å². The summed E-state index contributed by atoms with van der Waals surface area (Å²) >= 11 is 1.13. The van der Waals surface area contributed by atoms with Crippen LogP contribution in [0.1, 0.15) is 42.5 Å². The molecule has 3 aromatic heterocycles. The van der Waals surface area contributed by atoms with E-state index in [1.807, 2.05) is 0 Å². The molecular weight excluding hydrogens is 719 g/mol. The first-order chi connectivity index (χ1) is 40.6. The SMILES string of the molecule is [2H]c1c([2H])c([2H])c(-c2nc(-c3c([2H])c([2H])c(-c4c([2H])c([2H])c([2H])c([2H])c4[2H])c([2H])c3[2H])nc(-c3c([2H])c([2H])c([2H])c4c3sc3c([2H])c([2H])c([2H])c(-c5c([2H])c([2H])c(-c6c([2H])c([2H])c([2H])c([2H])c6[2H])c6c5sc5c([2H])c([2H])c([2H])c([2H])c56)c34)n2)c([2H])c1[2H]. The Morgan fingerprint density at radius 2 is 0.804 bits per heavy atom. The van der Waals surface area contributed by atoms with Gasteiger partial charge in [-0.3, -0.25) is 0 Å². The lowest BCUT2D eigenvalue weighted by atomic mass is 9.93. The lowest BCUT2D eigenvalue weighted by Gasteiger charge is -2.11. The second-order valence-corrected chi connectivity index (χ2v) is 13.6. The van der Waals surface area contributed by atoms with Crippen LogP contribution in [0.4, 0.5) is 0 Å². The lowest BCUT2D eigenvalue weighted by Crippen LogP contribution is -2.00. The largest absolute Gasteiger partial charge is 0.208 e. The summed E-state index contributed by atoms with van der Waals surface area (Å²) in [6.07, 6.45) is 0. The Morgan fingerprint density at radius 3 is 1.55 bits per heavy atom. The van der Waals surface area contributed by atoms with Crippen molar-refractivity contribution in [3.63, 3.8) is 0 Å². The highest BCUT2D eigenvalue weighted by Crippen LogP contribution is 2.49. The minimum atomic E-state index is -1.02. The Kier molecular flexibility index (Phi) is 3.39. The maximum absolute atomic E-state index is 9.79. The third kappa shape index (κ3) is 5.51. The number of rotatable bonds is 6. The van der Waals surface area contributed by atoms with Gasteiger partial charge in [0, 0.05) is 62.6 Å².